The molecule has 1 heterocycles. The summed E-state index contributed by atoms with van der Waals surface area (Å²) in [5.41, 5.74) is 1.89. The summed E-state index contributed by atoms with van der Waals surface area (Å²) >= 11 is 0. The van der Waals surface area contributed by atoms with Gasteiger partial charge in [-0.15, -0.1) is 5.98 Å². The van der Waals surface area contributed by atoms with Gasteiger partial charge in [0.15, 0.2) is 0 Å². The Hall–Kier alpha value is -1.91. The van der Waals surface area contributed by atoms with Crippen molar-refractivity contribution in [3.05, 3.63) is 54.3 Å². The van der Waals surface area contributed by atoms with E-state index in [9.17, 15) is 4.39 Å². The van der Waals surface area contributed by atoms with Crippen molar-refractivity contribution in [1.29, 1.82) is 0 Å². The molecular weight excluding hydrogens is 204 g/mol. The molecule has 5 heteroatoms. The van der Waals surface area contributed by atoms with Crippen molar-refractivity contribution in [1.82, 2.24) is 14.8 Å². The molecule has 0 aliphatic rings. The van der Waals surface area contributed by atoms with Crippen LogP contribution in [0.25, 0.3) is 5.57 Å². The van der Waals surface area contributed by atoms with E-state index in [-0.39, 0.29) is 5.82 Å². The number of nitrogens with zero attached hydrogens (tertiary/aromatic N) is 3. The lowest BCUT2D eigenvalue weighted by atomic mass is 9.98. The fourth-order valence-electron chi connectivity index (χ4n) is 1.53. The number of halogens is 1. The second-order valence-electron chi connectivity index (χ2n) is 3.42. The fourth-order valence-corrected chi connectivity index (χ4v) is 1.53. The molecule has 1 aromatic heterocycles. The van der Waals surface area contributed by atoms with Crippen LogP contribution in [0.4, 0.5) is 4.39 Å². The largest absolute Gasteiger partial charge is 0.249 e. The lowest BCUT2D eigenvalue weighted by Crippen LogP contribution is -2.01. The molecule has 0 N–H and O–H groups in total. The standard InChI is InChI=1S/C11H11BFN3/c12-5-10(6-16-8-14-7-15-16)9-2-1-3-11(13)4-9/h1-5,7-8H,6,12H2. The van der Waals surface area contributed by atoms with Gasteiger partial charge in [0, 0.05) is 0 Å². The molecule has 1 aromatic carbocycles. The normalized spacial score (nSPS) is 11.7. The van der Waals surface area contributed by atoms with Crippen LogP contribution >= 0.6 is 0 Å². The van der Waals surface area contributed by atoms with Crippen LogP contribution in [0.2, 0.25) is 0 Å². The van der Waals surface area contributed by atoms with E-state index in [4.69, 9.17) is 0 Å². The Kier molecular flexibility index (Phi) is 3.15. The molecule has 0 saturated heterocycles. The van der Waals surface area contributed by atoms with E-state index in [0.717, 1.165) is 11.1 Å². The number of allylic oxidation sites excluding steroid dienone is 1. The Morgan fingerprint density at radius 1 is 1.50 bits per heavy atom. The van der Waals surface area contributed by atoms with Crippen molar-refractivity contribution in [2.24, 2.45) is 0 Å². The maximum atomic E-state index is 13.1. The van der Waals surface area contributed by atoms with Gasteiger partial charge in [-0.1, -0.05) is 12.1 Å². The third-order valence-electron chi connectivity index (χ3n) is 2.34. The Labute approximate surface area is 94.0 Å². The van der Waals surface area contributed by atoms with E-state index >= 15 is 0 Å². The van der Waals surface area contributed by atoms with Crippen molar-refractivity contribution in [3.63, 3.8) is 0 Å². The summed E-state index contributed by atoms with van der Waals surface area (Å²) < 4.78 is 14.8. The van der Waals surface area contributed by atoms with Crippen molar-refractivity contribution in [3.8, 4) is 0 Å². The van der Waals surface area contributed by atoms with E-state index in [1.165, 1.54) is 18.5 Å². The van der Waals surface area contributed by atoms with Crippen molar-refractivity contribution >= 4 is 13.4 Å². The lowest BCUT2D eigenvalue weighted by molar-refractivity contribution is 0.627. The minimum Gasteiger partial charge on any atom is -0.249 e. The molecule has 0 radical (unpaired) electrons. The second-order valence-corrected chi connectivity index (χ2v) is 3.42. The van der Waals surface area contributed by atoms with Crippen molar-refractivity contribution < 1.29 is 4.39 Å². The number of rotatable bonds is 3. The van der Waals surface area contributed by atoms with Crippen LogP contribution in [0.1, 0.15) is 5.56 Å². The molecule has 0 saturated carbocycles. The van der Waals surface area contributed by atoms with Crippen LogP contribution in [-0.2, 0) is 6.54 Å². The summed E-state index contributed by atoms with van der Waals surface area (Å²) in [6, 6.07) is 6.54. The Morgan fingerprint density at radius 3 is 3.00 bits per heavy atom. The topological polar surface area (TPSA) is 30.7 Å². The molecule has 2 rings (SSSR count). The Morgan fingerprint density at radius 2 is 2.38 bits per heavy atom. The third kappa shape index (κ3) is 2.36. The fraction of sp³-hybridized carbons (Fsp3) is 0.0909. The number of aromatic nitrogens is 3. The highest BCUT2D eigenvalue weighted by Gasteiger charge is 2.03. The summed E-state index contributed by atoms with van der Waals surface area (Å²) in [5, 5.41) is 4.02. The summed E-state index contributed by atoms with van der Waals surface area (Å²) in [6.45, 7) is 0.597. The van der Waals surface area contributed by atoms with Gasteiger partial charge >= 0.3 is 0 Å². The number of hydrogen-bond donors (Lipinski definition) is 0. The van der Waals surface area contributed by atoms with Gasteiger partial charge in [0.2, 0.25) is 0 Å². The molecule has 0 bridgehead atoms. The zero-order valence-electron chi connectivity index (χ0n) is 8.97. The average Bonchev–Trinajstić information content (AvgIpc) is 2.78. The Balaban J connectivity index is 2.24. The van der Waals surface area contributed by atoms with Gasteiger partial charge in [-0.05, 0) is 23.3 Å². The highest BCUT2D eigenvalue weighted by molar-refractivity contribution is 6.20. The maximum absolute atomic E-state index is 13.1. The van der Waals surface area contributed by atoms with Crippen LogP contribution in [-0.4, -0.2) is 22.6 Å². The van der Waals surface area contributed by atoms with Gasteiger partial charge in [0.05, 0.1) is 6.54 Å². The minimum atomic E-state index is -0.226. The molecule has 0 aliphatic heterocycles. The molecule has 0 unspecified atom stereocenters. The highest BCUT2D eigenvalue weighted by Crippen LogP contribution is 2.16. The zero-order valence-corrected chi connectivity index (χ0v) is 8.97. The van der Waals surface area contributed by atoms with Gasteiger partial charge in [-0.2, -0.15) is 5.10 Å². The minimum absolute atomic E-state index is 0.226. The summed E-state index contributed by atoms with van der Waals surface area (Å²) in [5.74, 6) is 1.73. The molecule has 3 nitrogen and oxygen atoms in total. The molecular formula is C11H11BFN3. The van der Waals surface area contributed by atoms with Crippen LogP contribution < -0.4 is 0 Å². The monoisotopic (exact) mass is 215 g/mol. The smallest absolute Gasteiger partial charge is 0.137 e. The predicted octanol–water partition coefficient (Wildman–Crippen LogP) is 1.09. The molecule has 80 valence electrons. The molecule has 16 heavy (non-hydrogen) atoms. The SMILES string of the molecule is BC=C(Cn1cncn1)c1cccc(F)c1. The first-order valence-electron chi connectivity index (χ1n) is 5.03. The van der Waals surface area contributed by atoms with Gasteiger partial charge in [0.1, 0.15) is 26.3 Å². The first kappa shape index (κ1) is 10.6. The van der Waals surface area contributed by atoms with Gasteiger partial charge in [-0.25, -0.2) is 14.1 Å². The Bertz CT molecular complexity index is 494. The zero-order chi connectivity index (χ0) is 11.4. The average molecular weight is 215 g/mol. The summed E-state index contributed by atoms with van der Waals surface area (Å²) in [7, 11) is 1.93. The van der Waals surface area contributed by atoms with Crippen molar-refractivity contribution in [2.45, 2.75) is 6.54 Å². The van der Waals surface area contributed by atoms with Gasteiger partial charge in [-0.3, -0.25) is 0 Å². The van der Waals surface area contributed by atoms with Crippen LogP contribution in [0, 0.1) is 5.82 Å². The molecule has 0 atom stereocenters. The maximum Gasteiger partial charge on any atom is 0.137 e. The summed E-state index contributed by atoms with van der Waals surface area (Å²) in [4.78, 5) is 3.87. The van der Waals surface area contributed by atoms with E-state index in [1.54, 1.807) is 17.1 Å². The van der Waals surface area contributed by atoms with Crippen LogP contribution in [0.15, 0.2) is 42.9 Å². The second kappa shape index (κ2) is 4.74. The van der Waals surface area contributed by atoms with Crippen LogP contribution in [0.5, 0.6) is 0 Å². The molecule has 0 aliphatic carbocycles. The van der Waals surface area contributed by atoms with E-state index in [1.807, 2.05) is 19.9 Å². The van der Waals surface area contributed by atoms with E-state index in [0.29, 0.717) is 6.54 Å². The van der Waals surface area contributed by atoms with Crippen LogP contribution in [0.3, 0.4) is 0 Å². The first-order valence-corrected chi connectivity index (χ1v) is 5.03. The number of hydrogen-bond acceptors (Lipinski definition) is 2. The molecule has 0 fully saturated rings. The van der Waals surface area contributed by atoms with Gasteiger partial charge in [0.25, 0.3) is 0 Å². The van der Waals surface area contributed by atoms with E-state index < -0.39 is 0 Å². The third-order valence-corrected chi connectivity index (χ3v) is 2.34. The van der Waals surface area contributed by atoms with E-state index in [2.05, 4.69) is 10.1 Å². The lowest BCUT2D eigenvalue weighted by Gasteiger charge is -2.07. The predicted molar refractivity (Wildman–Crippen MR) is 62.9 cm³/mol. The first-order chi connectivity index (χ1) is 7.79. The molecule has 0 spiro atoms. The highest BCUT2D eigenvalue weighted by atomic mass is 19.1. The van der Waals surface area contributed by atoms with Crippen molar-refractivity contribution in [2.75, 3.05) is 0 Å². The quantitative estimate of drug-likeness (QED) is 0.717. The number of benzene rings is 1. The molecule has 0 amide bonds. The summed E-state index contributed by atoms with van der Waals surface area (Å²) in [6.07, 6.45) is 3.13. The molecule has 2 aromatic rings. The van der Waals surface area contributed by atoms with Gasteiger partial charge < -0.3 is 0 Å².